The highest BCUT2D eigenvalue weighted by molar-refractivity contribution is 6.21. The Kier molecular flexibility index (Phi) is 1.98. The fourth-order valence-electron chi connectivity index (χ4n) is 3.64. The highest BCUT2D eigenvalue weighted by Crippen LogP contribution is 2.69. The average Bonchev–Trinajstić information content (AvgIpc) is 3.12. The van der Waals surface area contributed by atoms with Gasteiger partial charge in [0.15, 0.2) is 0 Å². The fourth-order valence-corrected chi connectivity index (χ4v) is 3.99. The Morgan fingerprint density at radius 3 is 2.50 bits per heavy atom. The Labute approximate surface area is 111 Å². The van der Waals surface area contributed by atoms with Crippen LogP contribution in [0.2, 0.25) is 0 Å². The third-order valence-electron chi connectivity index (χ3n) is 4.50. The van der Waals surface area contributed by atoms with Crippen LogP contribution in [0.15, 0.2) is 60.3 Å². The van der Waals surface area contributed by atoms with Gasteiger partial charge in [0.25, 0.3) is 0 Å². The molecule has 1 saturated carbocycles. The van der Waals surface area contributed by atoms with Gasteiger partial charge in [-0.3, -0.25) is 0 Å². The molecule has 0 bridgehead atoms. The van der Waals surface area contributed by atoms with Crippen molar-refractivity contribution in [3.63, 3.8) is 0 Å². The lowest BCUT2D eigenvalue weighted by Crippen LogP contribution is -2.08. The highest BCUT2D eigenvalue weighted by Gasteiger charge is 2.62. The maximum atomic E-state index is 3.60. The molecule has 2 aliphatic carbocycles. The smallest absolute Gasteiger partial charge is 0.0605 e. The summed E-state index contributed by atoms with van der Waals surface area (Å²) in [7, 11) is 3.60. The first kappa shape index (κ1) is 10.3. The van der Waals surface area contributed by atoms with E-state index in [4.69, 9.17) is 0 Å². The highest BCUT2D eigenvalue weighted by atomic mass is 28.1. The minimum Gasteiger partial charge on any atom is -0.0979 e. The summed E-state index contributed by atoms with van der Waals surface area (Å²) in [6, 6.07) is 19.8. The third kappa shape index (κ3) is 1.10. The topological polar surface area (TPSA) is 0 Å². The van der Waals surface area contributed by atoms with E-state index >= 15 is 0 Å². The van der Waals surface area contributed by atoms with Gasteiger partial charge in [0.2, 0.25) is 0 Å². The van der Waals surface area contributed by atoms with Gasteiger partial charge in [0, 0.05) is 5.41 Å². The van der Waals surface area contributed by atoms with Crippen LogP contribution in [0, 0.1) is 5.92 Å². The summed E-state index contributed by atoms with van der Waals surface area (Å²) < 4.78 is 0. The zero-order valence-corrected chi connectivity index (χ0v) is 11.1. The van der Waals surface area contributed by atoms with Gasteiger partial charge in [0.05, 0.1) is 10.2 Å². The van der Waals surface area contributed by atoms with Crippen LogP contribution >= 0.6 is 0 Å². The zero-order chi connectivity index (χ0) is 12.2. The van der Waals surface area contributed by atoms with Crippen molar-refractivity contribution >= 4 is 15.8 Å². The molecule has 3 radical (unpaired) electrons. The van der Waals surface area contributed by atoms with E-state index in [1.54, 1.807) is 0 Å². The Morgan fingerprint density at radius 2 is 1.72 bits per heavy atom. The molecule has 0 saturated heterocycles. The van der Waals surface area contributed by atoms with Crippen molar-refractivity contribution in [1.82, 2.24) is 0 Å². The van der Waals surface area contributed by atoms with Crippen LogP contribution < -0.4 is 0 Å². The second-order valence-electron chi connectivity index (χ2n) is 5.24. The molecule has 0 aromatic heterocycles. The Hall–Kier alpha value is -1.60. The molecule has 2 atom stereocenters. The van der Waals surface area contributed by atoms with Crippen LogP contribution in [0.4, 0.5) is 0 Å². The lowest BCUT2D eigenvalue weighted by atomic mass is 9.88. The Balaban J connectivity index is 1.97. The lowest BCUT2D eigenvalue weighted by molar-refractivity contribution is 0.829. The SMILES string of the molecule is [Si]C=C1c2ccccc2[C@]2(c3ccccc3)C[C@H]12. The van der Waals surface area contributed by atoms with Crippen molar-refractivity contribution in [3.05, 3.63) is 77.0 Å². The molecule has 0 N–H and O–H groups in total. The van der Waals surface area contributed by atoms with Crippen LogP contribution in [0.25, 0.3) is 5.57 Å². The van der Waals surface area contributed by atoms with Gasteiger partial charge in [-0.25, -0.2) is 0 Å². The second kappa shape index (κ2) is 3.45. The van der Waals surface area contributed by atoms with Gasteiger partial charge in [-0.2, -0.15) is 0 Å². The van der Waals surface area contributed by atoms with E-state index < -0.39 is 0 Å². The molecule has 1 heteroatoms. The first-order valence-electron chi connectivity index (χ1n) is 6.40. The Bertz CT molecular complexity index is 642. The lowest BCUT2D eigenvalue weighted by Gasteiger charge is -2.15. The molecule has 2 aromatic carbocycles. The Morgan fingerprint density at radius 1 is 1.00 bits per heavy atom. The van der Waals surface area contributed by atoms with E-state index in [1.807, 2.05) is 0 Å². The molecular weight excluding hydrogens is 232 g/mol. The number of hydrogen-bond acceptors (Lipinski definition) is 0. The van der Waals surface area contributed by atoms with Gasteiger partial charge in [-0.05, 0) is 34.6 Å². The predicted octanol–water partition coefficient (Wildman–Crippen LogP) is 3.52. The number of allylic oxidation sites excluding steroid dienone is 1. The second-order valence-corrected chi connectivity index (χ2v) is 5.53. The van der Waals surface area contributed by atoms with E-state index in [0.717, 1.165) is 0 Å². The third-order valence-corrected chi connectivity index (χ3v) is 4.81. The number of rotatable bonds is 1. The van der Waals surface area contributed by atoms with Gasteiger partial charge in [-0.1, -0.05) is 60.3 Å². The van der Waals surface area contributed by atoms with E-state index in [1.165, 1.54) is 28.7 Å². The van der Waals surface area contributed by atoms with Gasteiger partial charge < -0.3 is 0 Å². The zero-order valence-electron chi connectivity index (χ0n) is 10.1. The molecule has 0 unspecified atom stereocenters. The molecule has 18 heavy (non-hydrogen) atoms. The molecule has 2 aliphatic rings. The minimum atomic E-state index is 0.260. The minimum absolute atomic E-state index is 0.260. The molecule has 85 valence electrons. The predicted molar refractivity (Wildman–Crippen MR) is 75.5 cm³/mol. The molecule has 0 nitrogen and oxygen atoms in total. The van der Waals surface area contributed by atoms with Crippen molar-refractivity contribution in [2.45, 2.75) is 11.8 Å². The first-order chi connectivity index (χ1) is 8.88. The first-order valence-corrected chi connectivity index (χ1v) is 6.98. The number of hydrogen-bond donors (Lipinski definition) is 0. The standard InChI is InChI=1S/C17H13Si/c18-11-14-13-8-4-5-9-15(13)17(10-16(14)17)12-6-2-1-3-7-12/h1-9,11,16H,10H2/t16-,17-/m1/s1. The van der Waals surface area contributed by atoms with Crippen LogP contribution in [-0.2, 0) is 5.41 Å². The molecule has 1 fully saturated rings. The summed E-state index contributed by atoms with van der Waals surface area (Å²) in [4.78, 5) is 0. The van der Waals surface area contributed by atoms with Crippen LogP contribution in [0.3, 0.4) is 0 Å². The van der Waals surface area contributed by atoms with Crippen molar-refractivity contribution in [2.75, 3.05) is 0 Å². The molecule has 4 rings (SSSR count). The number of benzene rings is 2. The maximum Gasteiger partial charge on any atom is 0.0605 e. The quantitative estimate of drug-likeness (QED) is 0.674. The average molecular weight is 245 g/mol. The van der Waals surface area contributed by atoms with E-state index in [2.05, 4.69) is 70.5 Å². The fraction of sp³-hybridized carbons (Fsp3) is 0.176. The van der Waals surface area contributed by atoms with Crippen molar-refractivity contribution in [2.24, 2.45) is 5.92 Å². The molecule has 0 spiro atoms. The molecular formula is C17H13Si. The number of fused-ring (bicyclic) bond motifs is 3. The summed E-state index contributed by atoms with van der Waals surface area (Å²) in [5.41, 5.74) is 8.23. The van der Waals surface area contributed by atoms with E-state index in [-0.39, 0.29) is 5.41 Å². The van der Waals surface area contributed by atoms with Gasteiger partial charge in [-0.15, -0.1) is 0 Å². The summed E-state index contributed by atoms with van der Waals surface area (Å²) in [5, 5.41) is 0. The van der Waals surface area contributed by atoms with E-state index in [9.17, 15) is 0 Å². The normalized spacial score (nSPS) is 30.1. The van der Waals surface area contributed by atoms with Crippen molar-refractivity contribution < 1.29 is 0 Å². The molecule has 0 amide bonds. The molecule has 2 aromatic rings. The van der Waals surface area contributed by atoms with Crippen LogP contribution in [0.5, 0.6) is 0 Å². The molecule has 0 heterocycles. The van der Waals surface area contributed by atoms with Crippen molar-refractivity contribution in [3.8, 4) is 0 Å². The maximum absolute atomic E-state index is 3.60. The van der Waals surface area contributed by atoms with Gasteiger partial charge >= 0.3 is 0 Å². The van der Waals surface area contributed by atoms with Crippen molar-refractivity contribution in [1.29, 1.82) is 0 Å². The summed E-state index contributed by atoms with van der Waals surface area (Å²) in [6.45, 7) is 0. The van der Waals surface area contributed by atoms with Gasteiger partial charge in [0.1, 0.15) is 0 Å². The summed E-state index contributed by atoms with van der Waals surface area (Å²) in [5.74, 6) is 0.662. The summed E-state index contributed by atoms with van der Waals surface area (Å²) >= 11 is 0. The largest absolute Gasteiger partial charge is 0.0979 e. The van der Waals surface area contributed by atoms with E-state index in [0.29, 0.717) is 5.92 Å². The molecule has 0 aliphatic heterocycles. The monoisotopic (exact) mass is 245 g/mol. The van der Waals surface area contributed by atoms with Crippen LogP contribution in [-0.4, -0.2) is 10.2 Å². The van der Waals surface area contributed by atoms with Crippen LogP contribution in [0.1, 0.15) is 23.1 Å². The summed E-state index contributed by atoms with van der Waals surface area (Å²) in [6.07, 6.45) is 1.25.